The molecule has 1 aliphatic rings. The Hall–Kier alpha value is -2.37. The van der Waals surface area contributed by atoms with Gasteiger partial charge >= 0.3 is 5.97 Å². The van der Waals surface area contributed by atoms with Gasteiger partial charge in [0.25, 0.3) is 0 Å². The van der Waals surface area contributed by atoms with Crippen molar-refractivity contribution in [1.82, 2.24) is 0 Å². The van der Waals surface area contributed by atoms with Crippen LogP contribution in [0.25, 0.3) is 0 Å². The Kier molecular flexibility index (Phi) is 24.3. The van der Waals surface area contributed by atoms with Crippen molar-refractivity contribution in [3.05, 3.63) is 72.9 Å². The van der Waals surface area contributed by atoms with Gasteiger partial charge in [0.05, 0.1) is 19.8 Å². The number of rotatable bonds is 24. The molecule has 1 rings (SSSR count). The third-order valence-electron chi connectivity index (χ3n) is 6.61. The first kappa shape index (κ1) is 39.7. The Balaban J connectivity index is 2.22. The molecule has 1 fully saturated rings. The number of aliphatic hydroxyl groups excluding tert-OH is 4. The van der Waals surface area contributed by atoms with E-state index >= 15 is 0 Å². The molecule has 0 saturated carbocycles. The quantitative estimate of drug-likeness (QED) is 0.0667. The second-order valence-electron chi connectivity index (χ2n) is 10.5. The summed E-state index contributed by atoms with van der Waals surface area (Å²) < 4.78 is 22.0. The maximum atomic E-state index is 12.0. The van der Waals surface area contributed by atoms with Gasteiger partial charge in [-0.1, -0.05) is 86.8 Å². The minimum atomic E-state index is -1.54. The van der Waals surface area contributed by atoms with E-state index in [1.54, 1.807) is 0 Å². The molecule has 4 N–H and O–H groups in total. The average Bonchev–Trinajstić information content (AvgIpc) is 3.01. The van der Waals surface area contributed by atoms with Crippen LogP contribution in [0, 0.1) is 0 Å². The summed E-state index contributed by atoms with van der Waals surface area (Å²) in [5.74, 6) is -0.392. The van der Waals surface area contributed by atoms with Crippen molar-refractivity contribution >= 4 is 5.97 Å². The lowest BCUT2D eigenvalue weighted by Crippen LogP contribution is -2.59. The average molecular weight is 621 g/mol. The van der Waals surface area contributed by atoms with E-state index in [4.69, 9.17) is 18.9 Å². The van der Waals surface area contributed by atoms with E-state index in [9.17, 15) is 25.2 Å². The molecule has 0 spiro atoms. The van der Waals surface area contributed by atoms with Gasteiger partial charge in [-0.05, 0) is 57.8 Å². The molecule has 1 heterocycles. The molecule has 0 aromatic rings. The summed E-state index contributed by atoms with van der Waals surface area (Å²) in [6.07, 6.45) is 26.7. The Morgan fingerprint density at radius 2 is 1.30 bits per heavy atom. The number of hydrogen-bond donors (Lipinski definition) is 4. The normalized spacial score (nSPS) is 23.8. The van der Waals surface area contributed by atoms with Crippen LogP contribution in [-0.4, -0.2) is 89.6 Å². The SMILES string of the molecule is CC/C=C\C/C=C\C/C=C\C/C=C\C/C=C\C/C=C\CCCOCC(COC1OC(CO)C(O)C(O)C1O)OC(=O)CCC. The Labute approximate surface area is 264 Å². The van der Waals surface area contributed by atoms with Crippen molar-refractivity contribution in [2.75, 3.05) is 26.4 Å². The molecule has 0 radical (unpaired) electrons. The Morgan fingerprint density at radius 1 is 0.750 bits per heavy atom. The summed E-state index contributed by atoms with van der Waals surface area (Å²) in [5, 5.41) is 39.4. The van der Waals surface area contributed by atoms with E-state index in [1.165, 1.54) is 0 Å². The molecule has 1 saturated heterocycles. The Morgan fingerprint density at radius 3 is 1.82 bits per heavy atom. The van der Waals surface area contributed by atoms with Crippen molar-refractivity contribution < 1.29 is 44.2 Å². The number of ether oxygens (including phenoxy) is 4. The molecule has 0 amide bonds. The highest BCUT2D eigenvalue weighted by molar-refractivity contribution is 5.69. The highest BCUT2D eigenvalue weighted by Gasteiger charge is 2.44. The largest absolute Gasteiger partial charge is 0.457 e. The van der Waals surface area contributed by atoms with Crippen molar-refractivity contribution in [1.29, 1.82) is 0 Å². The van der Waals surface area contributed by atoms with Crippen LogP contribution in [0.2, 0.25) is 0 Å². The van der Waals surface area contributed by atoms with Crippen LogP contribution in [0.5, 0.6) is 0 Å². The first-order chi connectivity index (χ1) is 21.4. The molecule has 9 heteroatoms. The van der Waals surface area contributed by atoms with E-state index in [0.717, 1.165) is 51.4 Å². The number of carbonyl (C=O) groups excluding carboxylic acids is 1. The number of carbonyl (C=O) groups is 1. The van der Waals surface area contributed by atoms with E-state index < -0.39 is 49.4 Å². The standard InChI is InChI=1S/C35H56O9/c1-3-5-6-7-8-9-10-11-12-13-14-15-16-17-18-19-20-21-22-23-25-41-27-29(43-31(37)24-4-2)28-42-35-34(40)33(39)32(38)30(26-36)44-35/h5-6,8-9,11-12,14-15,17-18,20-21,29-30,32-36,38-40H,3-4,7,10,13,16,19,22-28H2,1-2H3/b6-5-,9-8-,12-11-,15-14-,18-17-,21-20-. The van der Waals surface area contributed by atoms with Crippen LogP contribution in [0.3, 0.4) is 0 Å². The molecule has 0 aromatic carbocycles. The van der Waals surface area contributed by atoms with Gasteiger partial charge in [-0.3, -0.25) is 4.79 Å². The smallest absolute Gasteiger partial charge is 0.306 e. The van der Waals surface area contributed by atoms with Crippen molar-refractivity contribution in [3.63, 3.8) is 0 Å². The summed E-state index contributed by atoms with van der Waals surface area (Å²) in [7, 11) is 0. The van der Waals surface area contributed by atoms with Crippen LogP contribution >= 0.6 is 0 Å². The van der Waals surface area contributed by atoms with Gasteiger partial charge in [-0.2, -0.15) is 0 Å². The van der Waals surface area contributed by atoms with Gasteiger partial charge in [0.1, 0.15) is 30.5 Å². The minimum Gasteiger partial charge on any atom is -0.457 e. The summed E-state index contributed by atoms with van der Waals surface area (Å²) in [6, 6.07) is 0. The van der Waals surface area contributed by atoms with E-state index in [-0.39, 0.29) is 19.6 Å². The summed E-state index contributed by atoms with van der Waals surface area (Å²) in [4.78, 5) is 12.0. The summed E-state index contributed by atoms with van der Waals surface area (Å²) in [5.41, 5.74) is 0. The van der Waals surface area contributed by atoms with Crippen LogP contribution < -0.4 is 0 Å². The van der Waals surface area contributed by atoms with Crippen LogP contribution in [0.15, 0.2) is 72.9 Å². The maximum absolute atomic E-state index is 12.0. The second kappa shape index (κ2) is 27.0. The van der Waals surface area contributed by atoms with Crippen LogP contribution in [0.4, 0.5) is 0 Å². The van der Waals surface area contributed by atoms with Gasteiger partial charge in [0, 0.05) is 13.0 Å². The molecule has 0 aromatic heterocycles. The number of aliphatic hydroxyl groups is 4. The number of unbranched alkanes of at least 4 members (excludes halogenated alkanes) is 1. The van der Waals surface area contributed by atoms with Gasteiger partial charge in [0.2, 0.25) is 0 Å². The predicted molar refractivity (Wildman–Crippen MR) is 173 cm³/mol. The molecule has 1 aliphatic heterocycles. The molecule has 6 atom stereocenters. The topological polar surface area (TPSA) is 135 Å². The predicted octanol–water partition coefficient (Wildman–Crippen LogP) is 5.01. The molecule has 250 valence electrons. The van der Waals surface area contributed by atoms with E-state index in [2.05, 4.69) is 79.8 Å². The molecule has 0 bridgehead atoms. The second-order valence-corrected chi connectivity index (χ2v) is 10.5. The third kappa shape index (κ3) is 19.1. The first-order valence-electron chi connectivity index (χ1n) is 16.0. The molecular formula is C35H56O9. The zero-order valence-electron chi connectivity index (χ0n) is 26.6. The fourth-order valence-corrected chi connectivity index (χ4v) is 4.13. The lowest BCUT2D eigenvalue weighted by molar-refractivity contribution is -0.305. The van der Waals surface area contributed by atoms with Crippen LogP contribution in [-0.2, 0) is 23.7 Å². The molecule has 44 heavy (non-hydrogen) atoms. The van der Waals surface area contributed by atoms with Crippen molar-refractivity contribution in [3.8, 4) is 0 Å². The van der Waals surface area contributed by atoms with Crippen molar-refractivity contribution in [2.45, 2.75) is 115 Å². The minimum absolute atomic E-state index is 0.0939. The highest BCUT2D eigenvalue weighted by Crippen LogP contribution is 2.22. The number of allylic oxidation sites excluding steroid dienone is 12. The first-order valence-corrected chi connectivity index (χ1v) is 16.0. The van der Waals surface area contributed by atoms with Gasteiger partial charge in [0.15, 0.2) is 6.29 Å². The third-order valence-corrected chi connectivity index (χ3v) is 6.61. The molecule has 9 nitrogen and oxygen atoms in total. The maximum Gasteiger partial charge on any atom is 0.306 e. The lowest BCUT2D eigenvalue weighted by Gasteiger charge is -2.39. The van der Waals surface area contributed by atoms with Crippen molar-refractivity contribution in [2.24, 2.45) is 0 Å². The zero-order valence-corrected chi connectivity index (χ0v) is 26.6. The fraction of sp³-hybridized carbons (Fsp3) is 0.629. The van der Waals surface area contributed by atoms with Gasteiger partial charge < -0.3 is 39.4 Å². The molecule has 6 unspecified atom stereocenters. The summed E-state index contributed by atoms with van der Waals surface area (Å²) in [6.45, 7) is 3.87. The summed E-state index contributed by atoms with van der Waals surface area (Å²) >= 11 is 0. The van der Waals surface area contributed by atoms with Gasteiger partial charge in [-0.15, -0.1) is 0 Å². The highest BCUT2D eigenvalue weighted by atomic mass is 16.7. The zero-order chi connectivity index (χ0) is 32.3. The Bertz CT molecular complexity index is 891. The monoisotopic (exact) mass is 620 g/mol. The number of esters is 1. The van der Waals surface area contributed by atoms with Gasteiger partial charge in [-0.25, -0.2) is 0 Å². The molecule has 0 aliphatic carbocycles. The van der Waals surface area contributed by atoms with E-state index in [0.29, 0.717) is 13.0 Å². The number of hydrogen-bond acceptors (Lipinski definition) is 9. The van der Waals surface area contributed by atoms with Crippen LogP contribution in [0.1, 0.15) is 78.1 Å². The van der Waals surface area contributed by atoms with E-state index in [1.807, 2.05) is 6.92 Å². The molecular weight excluding hydrogens is 564 g/mol. The fourth-order valence-electron chi connectivity index (χ4n) is 4.13. The lowest BCUT2D eigenvalue weighted by atomic mass is 9.99.